The number of hydrogen-bond acceptors (Lipinski definition) is 3. The first-order valence-electron chi connectivity index (χ1n) is 5.76. The molecule has 1 aromatic carbocycles. The van der Waals surface area contributed by atoms with Gasteiger partial charge in [-0.05, 0) is 30.7 Å². The molecule has 0 radical (unpaired) electrons. The Morgan fingerprint density at radius 2 is 1.94 bits per heavy atom. The van der Waals surface area contributed by atoms with E-state index in [0.29, 0.717) is 17.4 Å². The largest absolute Gasteiger partial charge is 0.482 e. The third-order valence-corrected chi connectivity index (χ3v) is 2.43. The lowest BCUT2D eigenvalue weighted by atomic mass is 10.3. The van der Waals surface area contributed by atoms with Crippen molar-refractivity contribution < 1.29 is 14.3 Å². The molecule has 0 N–H and O–H groups in total. The minimum Gasteiger partial charge on any atom is -0.482 e. The first-order chi connectivity index (χ1) is 8.22. The molecular formula is C13H17ClO3. The molecule has 0 spiro atoms. The fraction of sp³-hybridized carbons (Fsp3) is 0.462. The van der Waals surface area contributed by atoms with E-state index in [9.17, 15) is 4.79 Å². The summed E-state index contributed by atoms with van der Waals surface area (Å²) in [6.45, 7) is 2.51. The molecule has 0 atom stereocenters. The summed E-state index contributed by atoms with van der Waals surface area (Å²) in [5, 5.41) is 0.638. The predicted molar refractivity (Wildman–Crippen MR) is 67.4 cm³/mol. The Balaban J connectivity index is 2.17. The average molecular weight is 257 g/mol. The summed E-state index contributed by atoms with van der Waals surface area (Å²) in [5.41, 5.74) is 0. The molecule has 0 aliphatic heterocycles. The maximum absolute atomic E-state index is 11.3. The highest BCUT2D eigenvalue weighted by Crippen LogP contribution is 2.15. The van der Waals surface area contributed by atoms with E-state index in [1.807, 2.05) is 0 Å². The van der Waals surface area contributed by atoms with Crippen molar-refractivity contribution in [1.29, 1.82) is 0 Å². The van der Waals surface area contributed by atoms with Gasteiger partial charge in [0.25, 0.3) is 0 Å². The summed E-state index contributed by atoms with van der Waals surface area (Å²) in [6.07, 6.45) is 3.09. The van der Waals surface area contributed by atoms with Crippen molar-refractivity contribution in [3.05, 3.63) is 29.3 Å². The van der Waals surface area contributed by atoms with Crippen LogP contribution in [0, 0.1) is 0 Å². The molecule has 4 heteroatoms. The van der Waals surface area contributed by atoms with Crippen LogP contribution in [0.5, 0.6) is 5.75 Å². The highest BCUT2D eigenvalue weighted by Gasteiger charge is 2.03. The number of unbranched alkanes of at least 4 members (excludes halogenated alkanes) is 2. The summed E-state index contributed by atoms with van der Waals surface area (Å²) in [5.74, 6) is 0.274. The zero-order valence-corrected chi connectivity index (χ0v) is 10.7. The van der Waals surface area contributed by atoms with Crippen LogP contribution in [-0.4, -0.2) is 19.2 Å². The van der Waals surface area contributed by atoms with Crippen LogP contribution in [0.4, 0.5) is 0 Å². The maximum atomic E-state index is 11.3. The van der Waals surface area contributed by atoms with Crippen LogP contribution in [0.15, 0.2) is 24.3 Å². The van der Waals surface area contributed by atoms with Gasteiger partial charge >= 0.3 is 5.97 Å². The number of esters is 1. The quantitative estimate of drug-likeness (QED) is 0.554. The number of ether oxygens (including phenoxy) is 2. The van der Waals surface area contributed by atoms with Crippen molar-refractivity contribution >= 4 is 17.6 Å². The van der Waals surface area contributed by atoms with Gasteiger partial charge in [-0.2, -0.15) is 0 Å². The Labute approximate surface area is 107 Å². The van der Waals surface area contributed by atoms with E-state index in [0.717, 1.165) is 19.3 Å². The Morgan fingerprint density at radius 3 is 2.59 bits per heavy atom. The third-order valence-electron chi connectivity index (χ3n) is 2.18. The van der Waals surface area contributed by atoms with Crippen molar-refractivity contribution in [2.75, 3.05) is 13.2 Å². The van der Waals surface area contributed by atoms with Crippen LogP contribution >= 0.6 is 11.6 Å². The number of rotatable bonds is 7. The smallest absolute Gasteiger partial charge is 0.344 e. The molecule has 1 aromatic rings. The van der Waals surface area contributed by atoms with E-state index in [1.165, 1.54) is 0 Å². The summed E-state index contributed by atoms with van der Waals surface area (Å²) >= 11 is 5.73. The van der Waals surface area contributed by atoms with E-state index in [2.05, 4.69) is 6.92 Å². The number of carbonyl (C=O) groups excluding carboxylic acids is 1. The summed E-state index contributed by atoms with van der Waals surface area (Å²) < 4.78 is 10.2. The lowest BCUT2D eigenvalue weighted by molar-refractivity contribution is -0.146. The molecule has 0 bridgehead atoms. The van der Waals surface area contributed by atoms with E-state index < -0.39 is 0 Å². The van der Waals surface area contributed by atoms with Crippen LogP contribution in [0.3, 0.4) is 0 Å². The lowest BCUT2D eigenvalue weighted by Gasteiger charge is -2.06. The number of hydrogen-bond donors (Lipinski definition) is 0. The van der Waals surface area contributed by atoms with E-state index in [1.54, 1.807) is 24.3 Å². The van der Waals surface area contributed by atoms with Crippen LogP contribution in [0.1, 0.15) is 26.2 Å². The molecule has 0 saturated heterocycles. The third kappa shape index (κ3) is 6.17. The molecule has 0 heterocycles. The van der Waals surface area contributed by atoms with Gasteiger partial charge in [0, 0.05) is 5.02 Å². The Morgan fingerprint density at radius 1 is 1.24 bits per heavy atom. The van der Waals surface area contributed by atoms with Crippen molar-refractivity contribution in [3.63, 3.8) is 0 Å². The molecular weight excluding hydrogens is 240 g/mol. The van der Waals surface area contributed by atoms with Crippen molar-refractivity contribution in [2.45, 2.75) is 26.2 Å². The summed E-state index contributed by atoms with van der Waals surface area (Å²) in [7, 11) is 0. The highest BCUT2D eigenvalue weighted by atomic mass is 35.5. The molecule has 0 saturated carbocycles. The van der Waals surface area contributed by atoms with Crippen molar-refractivity contribution in [3.8, 4) is 5.75 Å². The van der Waals surface area contributed by atoms with E-state index in [4.69, 9.17) is 21.1 Å². The molecule has 0 unspecified atom stereocenters. The first kappa shape index (κ1) is 13.8. The topological polar surface area (TPSA) is 35.5 Å². The molecule has 0 amide bonds. The van der Waals surface area contributed by atoms with Gasteiger partial charge in [-0.15, -0.1) is 0 Å². The van der Waals surface area contributed by atoms with Gasteiger partial charge in [-0.1, -0.05) is 31.4 Å². The van der Waals surface area contributed by atoms with E-state index in [-0.39, 0.29) is 12.6 Å². The highest BCUT2D eigenvalue weighted by molar-refractivity contribution is 6.30. The molecule has 0 fully saturated rings. The van der Waals surface area contributed by atoms with Crippen LogP contribution in [-0.2, 0) is 9.53 Å². The second-order valence-corrected chi connectivity index (χ2v) is 4.11. The van der Waals surface area contributed by atoms with Gasteiger partial charge in [0.1, 0.15) is 5.75 Å². The molecule has 0 aliphatic carbocycles. The normalized spacial score (nSPS) is 10.0. The zero-order chi connectivity index (χ0) is 12.5. The fourth-order valence-electron chi connectivity index (χ4n) is 1.25. The Kier molecular flexibility index (Phi) is 6.48. The SMILES string of the molecule is CCCCCOC(=O)COc1ccc(Cl)cc1. The summed E-state index contributed by atoms with van der Waals surface area (Å²) in [6, 6.07) is 6.85. The average Bonchev–Trinajstić information content (AvgIpc) is 2.34. The second-order valence-electron chi connectivity index (χ2n) is 3.67. The lowest BCUT2D eigenvalue weighted by Crippen LogP contribution is -2.15. The van der Waals surface area contributed by atoms with Gasteiger partial charge in [-0.3, -0.25) is 0 Å². The first-order valence-corrected chi connectivity index (χ1v) is 6.14. The second kappa shape index (κ2) is 7.96. The minimum absolute atomic E-state index is 0.0617. The van der Waals surface area contributed by atoms with Gasteiger partial charge in [0.05, 0.1) is 6.61 Å². The number of benzene rings is 1. The van der Waals surface area contributed by atoms with Gasteiger partial charge in [0.2, 0.25) is 0 Å². The van der Waals surface area contributed by atoms with Gasteiger partial charge in [-0.25, -0.2) is 4.79 Å². The number of halogens is 1. The molecule has 0 aromatic heterocycles. The maximum Gasteiger partial charge on any atom is 0.344 e. The molecule has 1 rings (SSSR count). The zero-order valence-electron chi connectivity index (χ0n) is 9.95. The summed E-state index contributed by atoms with van der Waals surface area (Å²) in [4.78, 5) is 11.3. The fourth-order valence-corrected chi connectivity index (χ4v) is 1.38. The molecule has 0 aliphatic rings. The van der Waals surface area contributed by atoms with Crippen LogP contribution < -0.4 is 4.74 Å². The monoisotopic (exact) mass is 256 g/mol. The molecule has 94 valence electrons. The van der Waals surface area contributed by atoms with E-state index >= 15 is 0 Å². The predicted octanol–water partition coefficient (Wildman–Crippen LogP) is 3.45. The van der Waals surface area contributed by atoms with Crippen molar-refractivity contribution in [1.82, 2.24) is 0 Å². The Hall–Kier alpha value is -1.22. The van der Waals surface area contributed by atoms with Gasteiger partial charge in [0.15, 0.2) is 6.61 Å². The number of carbonyl (C=O) groups is 1. The van der Waals surface area contributed by atoms with Crippen LogP contribution in [0.25, 0.3) is 0 Å². The van der Waals surface area contributed by atoms with Crippen molar-refractivity contribution in [2.24, 2.45) is 0 Å². The van der Waals surface area contributed by atoms with Gasteiger partial charge < -0.3 is 9.47 Å². The standard InChI is InChI=1S/C13H17ClO3/c1-2-3-4-9-16-13(15)10-17-12-7-5-11(14)6-8-12/h5-8H,2-4,9-10H2,1H3. The Bertz CT molecular complexity index is 335. The minimum atomic E-state index is -0.337. The van der Waals surface area contributed by atoms with Crippen LogP contribution in [0.2, 0.25) is 5.02 Å². The molecule has 17 heavy (non-hydrogen) atoms. The molecule has 3 nitrogen and oxygen atoms in total.